The van der Waals surface area contributed by atoms with Crippen LogP contribution in [0.25, 0.3) is 0 Å². The minimum Gasteiger partial charge on any atom is -0.350 e. The third-order valence-corrected chi connectivity index (χ3v) is 5.66. The summed E-state index contributed by atoms with van der Waals surface area (Å²) in [7, 11) is 0. The molecule has 3 aromatic rings. The zero-order valence-corrected chi connectivity index (χ0v) is 17.4. The molecule has 29 heavy (non-hydrogen) atoms. The highest BCUT2D eigenvalue weighted by atomic mass is 32.1. The molecule has 2 amide bonds. The fraction of sp³-hybridized carbons (Fsp3) is 0.261. The van der Waals surface area contributed by atoms with Gasteiger partial charge in [0.15, 0.2) is 0 Å². The summed E-state index contributed by atoms with van der Waals surface area (Å²) in [5, 5.41) is 8.94. The lowest BCUT2D eigenvalue weighted by atomic mass is 10.0. The number of rotatable bonds is 8. The van der Waals surface area contributed by atoms with Gasteiger partial charge in [-0.1, -0.05) is 62.4 Å². The lowest BCUT2D eigenvalue weighted by Crippen LogP contribution is -2.33. The van der Waals surface area contributed by atoms with E-state index in [1.165, 1.54) is 0 Å². The molecule has 0 aliphatic carbocycles. The second kappa shape index (κ2) is 9.98. The normalized spacial score (nSPS) is 11.8. The van der Waals surface area contributed by atoms with Gasteiger partial charge in [0.05, 0.1) is 29.7 Å². The Hall–Kier alpha value is -2.99. The number of carbonyl (C=O) groups excluding carboxylic acids is 2. The number of nitrogens with one attached hydrogen (secondary N) is 2. The lowest BCUT2D eigenvalue weighted by molar-refractivity contribution is -0.121. The lowest BCUT2D eigenvalue weighted by Gasteiger charge is -2.19. The number of amides is 2. The number of carbonyl (C=O) groups is 2. The Labute approximate surface area is 175 Å². The van der Waals surface area contributed by atoms with Crippen LogP contribution < -0.4 is 10.6 Å². The van der Waals surface area contributed by atoms with Gasteiger partial charge in [0.1, 0.15) is 0 Å². The van der Waals surface area contributed by atoms with Crippen LogP contribution >= 0.6 is 11.3 Å². The molecular formula is C23H25N3O2S. The summed E-state index contributed by atoms with van der Waals surface area (Å²) in [4.78, 5) is 29.7. The average Bonchev–Trinajstić information content (AvgIpc) is 3.22. The molecule has 1 unspecified atom stereocenters. The predicted molar refractivity (Wildman–Crippen MR) is 116 cm³/mol. The van der Waals surface area contributed by atoms with Gasteiger partial charge in [-0.3, -0.25) is 9.59 Å². The number of nitrogens with zero attached hydrogens (tertiary/aromatic N) is 1. The van der Waals surface area contributed by atoms with Gasteiger partial charge in [-0.25, -0.2) is 4.98 Å². The molecule has 0 aliphatic heterocycles. The van der Waals surface area contributed by atoms with Gasteiger partial charge >= 0.3 is 0 Å². The highest BCUT2D eigenvalue weighted by Crippen LogP contribution is 2.20. The molecule has 3 rings (SSSR count). The Bertz CT molecular complexity index is 939. The summed E-state index contributed by atoms with van der Waals surface area (Å²) in [6.07, 6.45) is 0.157. The third-order valence-electron chi connectivity index (χ3n) is 4.46. The molecular weight excluding hydrogens is 382 g/mol. The molecule has 1 heterocycles. The summed E-state index contributed by atoms with van der Waals surface area (Å²) in [5.74, 6) is 0.0414. The van der Waals surface area contributed by atoms with E-state index in [1.807, 2.05) is 53.9 Å². The number of hydrogen-bond donors (Lipinski definition) is 2. The second-order valence-corrected chi connectivity index (χ2v) is 8.01. The van der Waals surface area contributed by atoms with Gasteiger partial charge < -0.3 is 10.6 Å². The third kappa shape index (κ3) is 5.99. The van der Waals surface area contributed by atoms with E-state index in [0.717, 1.165) is 16.3 Å². The van der Waals surface area contributed by atoms with Crippen molar-refractivity contribution in [3.05, 3.63) is 87.9 Å². The van der Waals surface area contributed by atoms with Gasteiger partial charge in [-0.15, -0.1) is 11.3 Å². The van der Waals surface area contributed by atoms with Crippen LogP contribution in [0.4, 0.5) is 0 Å². The molecule has 2 N–H and O–H groups in total. The molecule has 1 atom stereocenters. The van der Waals surface area contributed by atoms with Crippen LogP contribution in [0.3, 0.4) is 0 Å². The monoisotopic (exact) mass is 407 g/mol. The standard InChI is InChI=1S/C23H25N3O2S/c1-16(2)23-25-19(15-29-23)14-24-21(27)13-20(17-9-5-3-6-10-17)26-22(28)18-11-7-4-8-12-18/h3-12,15-16,20H,13-14H2,1-2H3,(H,24,27)(H,26,28). The van der Waals surface area contributed by atoms with Crippen LogP contribution in [-0.4, -0.2) is 16.8 Å². The SMILES string of the molecule is CC(C)c1nc(CNC(=O)CC(NC(=O)c2ccccc2)c2ccccc2)cs1. The van der Waals surface area contributed by atoms with Crippen LogP contribution in [0.1, 0.15) is 58.9 Å². The molecule has 5 nitrogen and oxygen atoms in total. The molecule has 0 aliphatic rings. The van der Waals surface area contributed by atoms with Gasteiger partial charge in [0.2, 0.25) is 5.91 Å². The van der Waals surface area contributed by atoms with Gasteiger partial charge in [0, 0.05) is 16.9 Å². The summed E-state index contributed by atoms with van der Waals surface area (Å²) in [6, 6.07) is 18.1. The fourth-order valence-corrected chi connectivity index (χ4v) is 3.72. The second-order valence-electron chi connectivity index (χ2n) is 7.12. The molecule has 0 saturated carbocycles. The molecule has 0 saturated heterocycles. The van der Waals surface area contributed by atoms with Crippen molar-refractivity contribution in [1.82, 2.24) is 15.6 Å². The summed E-state index contributed by atoms with van der Waals surface area (Å²) in [5.41, 5.74) is 2.32. The van der Waals surface area contributed by atoms with Crippen molar-refractivity contribution in [2.24, 2.45) is 0 Å². The Morgan fingerprint density at radius 3 is 2.28 bits per heavy atom. The number of aromatic nitrogens is 1. The summed E-state index contributed by atoms with van der Waals surface area (Å²) >= 11 is 1.61. The van der Waals surface area contributed by atoms with Crippen molar-refractivity contribution in [3.63, 3.8) is 0 Å². The Morgan fingerprint density at radius 1 is 1.00 bits per heavy atom. The maximum absolute atomic E-state index is 12.6. The van der Waals surface area contributed by atoms with Crippen molar-refractivity contribution < 1.29 is 9.59 Å². The van der Waals surface area contributed by atoms with Crippen molar-refractivity contribution in [3.8, 4) is 0 Å². The maximum Gasteiger partial charge on any atom is 0.251 e. The van der Waals surface area contributed by atoms with Crippen LogP contribution in [0.5, 0.6) is 0 Å². The molecule has 150 valence electrons. The minimum atomic E-state index is -0.412. The largest absolute Gasteiger partial charge is 0.350 e. The minimum absolute atomic E-state index is 0.133. The van der Waals surface area contributed by atoms with E-state index in [0.29, 0.717) is 18.0 Å². The van der Waals surface area contributed by atoms with E-state index < -0.39 is 6.04 Å². The van der Waals surface area contributed by atoms with E-state index >= 15 is 0 Å². The topological polar surface area (TPSA) is 71.1 Å². The highest BCUT2D eigenvalue weighted by molar-refractivity contribution is 7.09. The Morgan fingerprint density at radius 2 is 1.66 bits per heavy atom. The molecule has 0 fully saturated rings. The first-order valence-electron chi connectivity index (χ1n) is 9.64. The highest BCUT2D eigenvalue weighted by Gasteiger charge is 2.19. The number of hydrogen-bond acceptors (Lipinski definition) is 4. The van der Waals surface area contributed by atoms with Crippen molar-refractivity contribution >= 4 is 23.2 Å². The molecule has 6 heteroatoms. The molecule has 2 aromatic carbocycles. The van der Waals surface area contributed by atoms with E-state index in [4.69, 9.17) is 0 Å². The Kier molecular flexibility index (Phi) is 7.14. The fourth-order valence-electron chi connectivity index (χ4n) is 2.88. The van der Waals surface area contributed by atoms with Gasteiger partial charge in [-0.05, 0) is 17.7 Å². The van der Waals surface area contributed by atoms with Crippen LogP contribution in [-0.2, 0) is 11.3 Å². The van der Waals surface area contributed by atoms with E-state index in [-0.39, 0.29) is 18.2 Å². The number of thiazole rings is 1. The molecule has 1 aromatic heterocycles. The van der Waals surface area contributed by atoms with Gasteiger partial charge in [0.25, 0.3) is 5.91 Å². The van der Waals surface area contributed by atoms with Crippen molar-refractivity contribution in [2.45, 2.75) is 38.8 Å². The molecule has 0 bridgehead atoms. The summed E-state index contributed by atoms with van der Waals surface area (Å²) < 4.78 is 0. The Balaban J connectivity index is 1.64. The maximum atomic E-state index is 12.6. The zero-order valence-electron chi connectivity index (χ0n) is 16.6. The van der Waals surface area contributed by atoms with Gasteiger partial charge in [-0.2, -0.15) is 0 Å². The van der Waals surface area contributed by atoms with E-state index in [1.54, 1.807) is 23.5 Å². The first-order valence-corrected chi connectivity index (χ1v) is 10.5. The predicted octanol–water partition coefficient (Wildman–Crippen LogP) is 4.44. The first kappa shape index (κ1) is 20.7. The smallest absolute Gasteiger partial charge is 0.251 e. The first-order chi connectivity index (χ1) is 14.0. The van der Waals surface area contributed by atoms with Crippen molar-refractivity contribution in [2.75, 3.05) is 0 Å². The van der Waals surface area contributed by atoms with E-state index in [2.05, 4.69) is 29.5 Å². The number of benzene rings is 2. The molecule has 0 radical (unpaired) electrons. The zero-order chi connectivity index (χ0) is 20.6. The molecule has 0 spiro atoms. The average molecular weight is 408 g/mol. The van der Waals surface area contributed by atoms with Crippen LogP contribution in [0.2, 0.25) is 0 Å². The quantitative estimate of drug-likeness (QED) is 0.580. The van der Waals surface area contributed by atoms with Crippen LogP contribution in [0, 0.1) is 0 Å². The van der Waals surface area contributed by atoms with E-state index in [9.17, 15) is 9.59 Å². The summed E-state index contributed by atoms with van der Waals surface area (Å²) in [6.45, 7) is 4.58. The van der Waals surface area contributed by atoms with Crippen molar-refractivity contribution in [1.29, 1.82) is 0 Å². The van der Waals surface area contributed by atoms with Crippen LogP contribution in [0.15, 0.2) is 66.0 Å².